The summed E-state index contributed by atoms with van der Waals surface area (Å²) in [6.07, 6.45) is 4.03. The van der Waals surface area contributed by atoms with Crippen LogP contribution in [0.15, 0.2) is 39.7 Å². The number of oxazole rings is 2. The van der Waals surface area contributed by atoms with Crippen LogP contribution in [0.5, 0.6) is 0 Å². The summed E-state index contributed by atoms with van der Waals surface area (Å²) in [5.74, 6) is -0.397. The number of hydrogen-bond donors (Lipinski definition) is 1. The Morgan fingerprint density at radius 1 is 1.15 bits per heavy atom. The predicted octanol–water partition coefficient (Wildman–Crippen LogP) is 1.41. The number of carboxylic acids is 1. The second-order valence-corrected chi connectivity index (χ2v) is 3.86. The van der Waals surface area contributed by atoms with E-state index in [1.54, 1.807) is 12.1 Å². The van der Waals surface area contributed by atoms with Gasteiger partial charge in [-0.2, -0.15) is 0 Å². The van der Waals surface area contributed by atoms with E-state index in [0.717, 1.165) is 0 Å². The molecule has 0 fully saturated rings. The molecule has 0 aliphatic heterocycles. The van der Waals surface area contributed by atoms with Crippen LogP contribution in [0.3, 0.4) is 0 Å². The van der Waals surface area contributed by atoms with E-state index in [1.165, 1.54) is 18.7 Å². The molecule has 0 atom stereocenters. The molecule has 1 N–H and O–H groups in total. The second kappa shape index (κ2) is 4.92. The Balaban J connectivity index is 1.84. The topological polar surface area (TPSA) is 115 Å². The van der Waals surface area contributed by atoms with Gasteiger partial charge >= 0.3 is 5.97 Å². The van der Waals surface area contributed by atoms with Gasteiger partial charge in [-0.3, -0.25) is 4.79 Å². The number of carboxylic acid groups (broad SMARTS) is 1. The van der Waals surface area contributed by atoms with Gasteiger partial charge in [0.25, 0.3) is 0 Å². The van der Waals surface area contributed by atoms with Crippen LogP contribution in [0.1, 0.15) is 5.69 Å². The summed E-state index contributed by atoms with van der Waals surface area (Å²) < 4.78 is 10.3. The lowest BCUT2D eigenvalue weighted by molar-refractivity contribution is -0.136. The van der Waals surface area contributed by atoms with E-state index in [4.69, 9.17) is 13.9 Å². The predicted molar refractivity (Wildman–Crippen MR) is 64.4 cm³/mol. The molecule has 0 aromatic carbocycles. The van der Waals surface area contributed by atoms with Crippen LogP contribution in [0, 0.1) is 0 Å². The molecular formula is C12H8N4O4. The lowest BCUT2D eigenvalue weighted by Gasteiger charge is -1.95. The van der Waals surface area contributed by atoms with Gasteiger partial charge < -0.3 is 13.9 Å². The number of aromatic nitrogens is 4. The lowest BCUT2D eigenvalue weighted by atomic mass is 10.3. The third-order valence-corrected chi connectivity index (χ3v) is 2.42. The molecule has 8 nitrogen and oxygen atoms in total. The van der Waals surface area contributed by atoms with Crippen molar-refractivity contribution in [3.63, 3.8) is 0 Å². The zero-order valence-corrected chi connectivity index (χ0v) is 10.1. The van der Waals surface area contributed by atoms with Crippen molar-refractivity contribution in [3.05, 3.63) is 36.5 Å². The first-order valence-electron chi connectivity index (χ1n) is 5.62. The molecule has 0 saturated heterocycles. The van der Waals surface area contributed by atoms with E-state index in [-0.39, 0.29) is 12.3 Å². The molecule has 3 rings (SSSR count). The van der Waals surface area contributed by atoms with Crippen LogP contribution in [-0.2, 0) is 11.2 Å². The maximum atomic E-state index is 10.6. The Bertz CT molecular complexity index is 718. The van der Waals surface area contributed by atoms with E-state index < -0.39 is 5.97 Å². The minimum Gasteiger partial charge on any atom is -0.481 e. The molecule has 20 heavy (non-hydrogen) atoms. The van der Waals surface area contributed by atoms with Gasteiger partial charge in [0.05, 0.1) is 18.3 Å². The van der Waals surface area contributed by atoms with Crippen LogP contribution >= 0.6 is 0 Å². The zero-order chi connectivity index (χ0) is 13.9. The molecule has 0 aliphatic rings. The first-order chi connectivity index (χ1) is 9.72. The highest BCUT2D eigenvalue weighted by molar-refractivity contribution is 5.69. The molecule has 8 heteroatoms. The second-order valence-electron chi connectivity index (χ2n) is 3.86. The number of nitrogens with zero attached hydrogens (tertiary/aromatic N) is 4. The van der Waals surface area contributed by atoms with Gasteiger partial charge in [-0.25, -0.2) is 9.97 Å². The van der Waals surface area contributed by atoms with Crippen molar-refractivity contribution >= 4 is 5.97 Å². The summed E-state index contributed by atoms with van der Waals surface area (Å²) in [7, 11) is 0. The van der Waals surface area contributed by atoms with Crippen LogP contribution in [0.4, 0.5) is 0 Å². The molecule has 0 spiro atoms. The van der Waals surface area contributed by atoms with Crippen LogP contribution in [-0.4, -0.2) is 31.2 Å². The normalized spacial score (nSPS) is 10.6. The number of carbonyl (C=O) groups is 1. The molecule has 100 valence electrons. The Kier molecular flexibility index (Phi) is 2.96. The van der Waals surface area contributed by atoms with Crippen molar-refractivity contribution in [2.45, 2.75) is 6.42 Å². The van der Waals surface area contributed by atoms with Gasteiger partial charge in [0, 0.05) is 0 Å². The third kappa shape index (κ3) is 2.39. The minimum absolute atomic E-state index is 0.203. The van der Waals surface area contributed by atoms with Crippen LogP contribution in [0.25, 0.3) is 23.2 Å². The summed E-state index contributed by atoms with van der Waals surface area (Å²) >= 11 is 0. The maximum Gasteiger partial charge on any atom is 0.309 e. The molecule has 3 aromatic heterocycles. The first-order valence-corrected chi connectivity index (χ1v) is 5.62. The quantitative estimate of drug-likeness (QED) is 0.757. The van der Waals surface area contributed by atoms with Gasteiger partial charge in [0.2, 0.25) is 11.8 Å². The summed E-state index contributed by atoms with van der Waals surface area (Å²) in [4.78, 5) is 18.5. The van der Waals surface area contributed by atoms with Crippen LogP contribution in [0.2, 0.25) is 0 Å². The zero-order valence-electron chi connectivity index (χ0n) is 10.1. The van der Waals surface area contributed by atoms with E-state index in [9.17, 15) is 4.79 Å². The standard InChI is InChI=1S/C12H8N4O4/c17-10(18)5-7-6-20-12(14-7)9-2-1-8(15-16-9)11-13-3-4-19-11/h1-4,6H,5H2,(H,17,18). The van der Waals surface area contributed by atoms with E-state index in [0.29, 0.717) is 23.0 Å². The van der Waals surface area contributed by atoms with E-state index in [2.05, 4.69) is 20.2 Å². The Morgan fingerprint density at radius 3 is 2.50 bits per heavy atom. The lowest BCUT2D eigenvalue weighted by Crippen LogP contribution is -2.00. The van der Waals surface area contributed by atoms with Crippen molar-refractivity contribution in [1.82, 2.24) is 20.2 Å². The number of hydrogen-bond acceptors (Lipinski definition) is 7. The first kappa shape index (κ1) is 12.0. The van der Waals surface area contributed by atoms with Gasteiger partial charge in [0.1, 0.15) is 23.9 Å². The van der Waals surface area contributed by atoms with Gasteiger partial charge in [-0.1, -0.05) is 0 Å². The third-order valence-electron chi connectivity index (χ3n) is 2.42. The average Bonchev–Trinajstić information content (AvgIpc) is 3.09. The monoisotopic (exact) mass is 272 g/mol. The smallest absolute Gasteiger partial charge is 0.309 e. The van der Waals surface area contributed by atoms with Crippen molar-refractivity contribution in [2.75, 3.05) is 0 Å². The SMILES string of the molecule is O=C(O)Cc1coc(-c2ccc(-c3ncco3)nn2)n1. The molecule has 0 radical (unpaired) electrons. The number of rotatable bonds is 4. The minimum atomic E-state index is -0.977. The van der Waals surface area contributed by atoms with Gasteiger partial charge in [0.15, 0.2) is 0 Å². The number of aliphatic carboxylic acids is 1. The molecule has 0 unspecified atom stereocenters. The van der Waals surface area contributed by atoms with Crippen molar-refractivity contribution in [3.8, 4) is 23.2 Å². The Morgan fingerprint density at radius 2 is 1.90 bits per heavy atom. The largest absolute Gasteiger partial charge is 0.481 e. The highest BCUT2D eigenvalue weighted by atomic mass is 16.4. The summed E-state index contributed by atoms with van der Waals surface area (Å²) in [6, 6.07) is 3.30. The fourth-order valence-corrected chi connectivity index (χ4v) is 1.57. The summed E-state index contributed by atoms with van der Waals surface area (Å²) in [5, 5.41) is 16.6. The fraction of sp³-hybridized carbons (Fsp3) is 0.0833. The van der Waals surface area contributed by atoms with E-state index >= 15 is 0 Å². The maximum absolute atomic E-state index is 10.6. The van der Waals surface area contributed by atoms with Gasteiger partial charge in [-0.05, 0) is 12.1 Å². The van der Waals surface area contributed by atoms with Gasteiger partial charge in [-0.15, -0.1) is 10.2 Å². The van der Waals surface area contributed by atoms with E-state index in [1.807, 2.05) is 0 Å². The average molecular weight is 272 g/mol. The highest BCUT2D eigenvalue weighted by Gasteiger charge is 2.12. The molecule has 0 saturated carbocycles. The molecule has 3 aromatic rings. The van der Waals surface area contributed by atoms with Crippen LogP contribution < -0.4 is 0 Å². The van der Waals surface area contributed by atoms with Crippen molar-refractivity contribution in [2.24, 2.45) is 0 Å². The highest BCUT2D eigenvalue weighted by Crippen LogP contribution is 2.19. The molecule has 0 amide bonds. The molecule has 0 bridgehead atoms. The Hall–Kier alpha value is -3.03. The molecule has 3 heterocycles. The summed E-state index contributed by atoms with van der Waals surface area (Å²) in [5.41, 5.74) is 1.21. The summed E-state index contributed by atoms with van der Waals surface area (Å²) in [6.45, 7) is 0. The van der Waals surface area contributed by atoms with Crippen molar-refractivity contribution < 1.29 is 18.7 Å². The molecule has 0 aliphatic carbocycles. The molecular weight excluding hydrogens is 264 g/mol. The fourth-order valence-electron chi connectivity index (χ4n) is 1.57. The van der Waals surface area contributed by atoms with Crippen molar-refractivity contribution in [1.29, 1.82) is 0 Å². The Labute approximate surface area is 112 Å².